The number of carbonyl (C=O) groups is 1. The fourth-order valence-electron chi connectivity index (χ4n) is 3.80. The third-order valence-corrected chi connectivity index (χ3v) is 5.57. The molecule has 2 aromatic rings. The van der Waals surface area contributed by atoms with Crippen molar-refractivity contribution >= 4 is 11.6 Å². The molecule has 0 bridgehead atoms. The second-order valence-corrected chi connectivity index (χ2v) is 7.70. The number of rotatable bonds is 6. The largest absolute Gasteiger partial charge is 0.295 e. The van der Waals surface area contributed by atoms with Crippen LogP contribution in [0, 0.1) is 20.8 Å². The van der Waals surface area contributed by atoms with Gasteiger partial charge in [-0.25, -0.2) is 5.01 Å². The Hall–Kier alpha value is -2.46. The van der Waals surface area contributed by atoms with Crippen molar-refractivity contribution in [2.24, 2.45) is 5.10 Å². The van der Waals surface area contributed by atoms with Crippen LogP contribution in [0.3, 0.4) is 0 Å². The minimum Gasteiger partial charge on any atom is -0.295 e. The van der Waals surface area contributed by atoms with Crippen molar-refractivity contribution in [1.82, 2.24) is 9.91 Å². The summed E-state index contributed by atoms with van der Waals surface area (Å²) in [4.78, 5) is 15.3. The lowest BCUT2D eigenvalue weighted by Gasteiger charge is -2.25. The summed E-state index contributed by atoms with van der Waals surface area (Å²) in [5.74, 6) is 0.0639. The zero-order valence-corrected chi connectivity index (χ0v) is 17.7. The molecule has 1 aliphatic heterocycles. The predicted molar refractivity (Wildman–Crippen MR) is 116 cm³/mol. The summed E-state index contributed by atoms with van der Waals surface area (Å²) in [6.07, 6.45) is 0.747. The van der Waals surface area contributed by atoms with Gasteiger partial charge in [-0.05, 0) is 45.0 Å². The Morgan fingerprint density at radius 2 is 1.68 bits per heavy atom. The van der Waals surface area contributed by atoms with Gasteiger partial charge in [-0.1, -0.05) is 67.4 Å². The first kappa shape index (κ1) is 20.3. The normalized spacial score (nSPS) is 16.6. The number of hydrazone groups is 1. The van der Waals surface area contributed by atoms with Gasteiger partial charge in [0.2, 0.25) is 0 Å². The molecule has 0 radical (unpaired) electrons. The van der Waals surface area contributed by atoms with Crippen molar-refractivity contribution < 1.29 is 4.79 Å². The second-order valence-electron chi connectivity index (χ2n) is 7.70. The molecule has 0 fully saturated rings. The van der Waals surface area contributed by atoms with E-state index >= 15 is 0 Å². The van der Waals surface area contributed by atoms with Crippen LogP contribution in [0.2, 0.25) is 0 Å². The molecule has 1 amide bonds. The molecule has 0 spiro atoms. The van der Waals surface area contributed by atoms with Crippen LogP contribution in [0.1, 0.15) is 54.1 Å². The van der Waals surface area contributed by atoms with Crippen molar-refractivity contribution in [3.05, 3.63) is 70.3 Å². The van der Waals surface area contributed by atoms with Crippen molar-refractivity contribution in [3.8, 4) is 0 Å². The third-order valence-electron chi connectivity index (χ3n) is 5.57. The number of amides is 1. The number of hydrogen-bond acceptors (Lipinski definition) is 3. The molecule has 4 heteroatoms. The van der Waals surface area contributed by atoms with Gasteiger partial charge in [-0.15, -0.1) is 0 Å². The molecule has 28 heavy (non-hydrogen) atoms. The van der Waals surface area contributed by atoms with Crippen molar-refractivity contribution in [2.45, 2.75) is 47.1 Å². The van der Waals surface area contributed by atoms with Gasteiger partial charge in [-0.2, -0.15) is 5.10 Å². The third kappa shape index (κ3) is 4.33. The minimum atomic E-state index is -0.0423. The predicted octanol–water partition coefficient (Wildman–Crippen LogP) is 4.63. The van der Waals surface area contributed by atoms with E-state index in [4.69, 9.17) is 5.10 Å². The molecule has 0 N–H and O–H groups in total. The highest BCUT2D eigenvalue weighted by molar-refractivity contribution is 6.04. The average Bonchev–Trinajstić information content (AvgIpc) is 3.11. The molecule has 1 heterocycles. The van der Waals surface area contributed by atoms with E-state index in [1.807, 2.05) is 0 Å². The topological polar surface area (TPSA) is 35.9 Å². The van der Waals surface area contributed by atoms with E-state index in [0.29, 0.717) is 6.54 Å². The molecule has 2 aromatic carbocycles. The maximum absolute atomic E-state index is 13.1. The molecule has 4 nitrogen and oxygen atoms in total. The highest BCUT2D eigenvalue weighted by Crippen LogP contribution is 2.33. The summed E-state index contributed by atoms with van der Waals surface area (Å²) in [5.41, 5.74) is 6.95. The molecular formula is C24H31N3O. The van der Waals surface area contributed by atoms with Gasteiger partial charge in [0.1, 0.15) is 0 Å². The standard InChI is InChI=1S/C24H31N3O/c1-6-26(7-2)16-24(28)27-23(20-11-8-17(3)9-12-20)15-22(25-27)21-13-10-18(4)14-19(21)5/h8-14,23H,6-7,15-16H2,1-5H3/t23-/m1/s1. The second kappa shape index (κ2) is 8.70. The van der Waals surface area contributed by atoms with E-state index in [-0.39, 0.29) is 11.9 Å². The summed E-state index contributed by atoms with van der Waals surface area (Å²) in [6, 6.07) is 14.9. The highest BCUT2D eigenvalue weighted by Gasteiger charge is 2.33. The molecule has 1 atom stereocenters. The summed E-state index contributed by atoms with van der Waals surface area (Å²) in [7, 11) is 0. The molecule has 0 aliphatic carbocycles. The van der Waals surface area contributed by atoms with Gasteiger partial charge in [0.25, 0.3) is 5.91 Å². The lowest BCUT2D eigenvalue weighted by Crippen LogP contribution is -2.38. The van der Waals surface area contributed by atoms with Crippen LogP contribution < -0.4 is 0 Å². The van der Waals surface area contributed by atoms with Crippen LogP contribution in [-0.4, -0.2) is 41.2 Å². The van der Waals surface area contributed by atoms with Gasteiger partial charge in [0.15, 0.2) is 0 Å². The van der Waals surface area contributed by atoms with E-state index < -0.39 is 0 Å². The fourth-order valence-corrected chi connectivity index (χ4v) is 3.80. The summed E-state index contributed by atoms with van der Waals surface area (Å²) >= 11 is 0. The molecule has 0 saturated carbocycles. The van der Waals surface area contributed by atoms with E-state index in [1.54, 1.807) is 5.01 Å². The average molecular weight is 378 g/mol. The summed E-state index contributed by atoms with van der Waals surface area (Å²) < 4.78 is 0. The zero-order chi connectivity index (χ0) is 20.3. The Balaban J connectivity index is 1.94. The van der Waals surface area contributed by atoms with Gasteiger partial charge in [0, 0.05) is 12.0 Å². The molecule has 0 unspecified atom stereocenters. The zero-order valence-electron chi connectivity index (χ0n) is 17.7. The Morgan fingerprint density at radius 3 is 2.29 bits per heavy atom. The van der Waals surface area contributed by atoms with Gasteiger partial charge < -0.3 is 0 Å². The SMILES string of the molecule is CCN(CC)CC(=O)N1N=C(c2ccc(C)cc2C)C[C@@H]1c1ccc(C)cc1. The first-order valence-electron chi connectivity index (χ1n) is 10.2. The number of benzene rings is 2. The minimum absolute atomic E-state index is 0.0423. The Labute approximate surface area is 168 Å². The fraction of sp³-hybridized carbons (Fsp3) is 0.417. The Morgan fingerprint density at radius 1 is 1.04 bits per heavy atom. The van der Waals surface area contributed by atoms with Crippen LogP contribution in [0.15, 0.2) is 47.6 Å². The quantitative estimate of drug-likeness (QED) is 0.736. The van der Waals surface area contributed by atoms with Crippen molar-refractivity contribution in [3.63, 3.8) is 0 Å². The Bertz CT molecular complexity index is 866. The number of likely N-dealkylation sites (N-methyl/N-ethyl adjacent to an activating group) is 1. The van der Waals surface area contributed by atoms with Gasteiger partial charge in [-0.3, -0.25) is 9.69 Å². The molecule has 3 rings (SSSR count). The maximum atomic E-state index is 13.1. The smallest absolute Gasteiger partial charge is 0.257 e. The first-order valence-corrected chi connectivity index (χ1v) is 10.2. The van der Waals surface area contributed by atoms with Crippen molar-refractivity contribution in [1.29, 1.82) is 0 Å². The van der Waals surface area contributed by atoms with Crippen LogP contribution in [0.25, 0.3) is 0 Å². The number of aryl methyl sites for hydroxylation is 3. The molecular weight excluding hydrogens is 346 g/mol. The number of carbonyl (C=O) groups excluding carboxylic acids is 1. The monoisotopic (exact) mass is 377 g/mol. The summed E-state index contributed by atoms with van der Waals surface area (Å²) in [6.45, 7) is 12.6. The van der Waals surface area contributed by atoms with Crippen LogP contribution >= 0.6 is 0 Å². The molecule has 148 valence electrons. The van der Waals surface area contributed by atoms with Gasteiger partial charge in [0.05, 0.1) is 18.3 Å². The molecule has 1 aliphatic rings. The number of hydrogen-bond donors (Lipinski definition) is 0. The lowest BCUT2D eigenvalue weighted by atomic mass is 9.95. The Kier molecular flexibility index (Phi) is 6.30. The summed E-state index contributed by atoms with van der Waals surface area (Å²) in [5, 5.41) is 6.54. The lowest BCUT2D eigenvalue weighted by molar-refractivity contribution is -0.134. The van der Waals surface area contributed by atoms with Crippen LogP contribution in [0.5, 0.6) is 0 Å². The van der Waals surface area contributed by atoms with Crippen molar-refractivity contribution in [2.75, 3.05) is 19.6 Å². The van der Waals surface area contributed by atoms with Crippen LogP contribution in [-0.2, 0) is 4.79 Å². The molecule has 0 aromatic heterocycles. The maximum Gasteiger partial charge on any atom is 0.257 e. The molecule has 0 saturated heterocycles. The van der Waals surface area contributed by atoms with E-state index in [1.165, 1.54) is 16.7 Å². The van der Waals surface area contributed by atoms with Crippen LogP contribution in [0.4, 0.5) is 0 Å². The van der Waals surface area contributed by atoms with E-state index in [2.05, 4.69) is 82.0 Å². The number of nitrogens with zero attached hydrogens (tertiary/aromatic N) is 3. The van der Waals surface area contributed by atoms with E-state index in [0.717, 1.165) is 36.3 Å². The van der Waals surface area contributed by atoms with Gasteiger partial charge >= 0.3 is 0 Å². The highest BCUT2D eigenvalue weighted by atomic mass is 16.2. The first-order chi connectivity index (χ1) is 13.4. The van der Waals surface area contributed by atoms with E-state index in [9.17, 15) is 4.79 Å².